The van der Waals surface area contributed by atoms with E-state index in [1.165, 1.54) is 6.07 Å². The number of halogens is 4. The summed E-state index contributed by atoms with van der Waals surface area (Å²) in [7, 11) is 0. The maximum Gasteiger partial charge on any atom is 0.416 e. The summed E-state index contributed by atoms with van der Waals surface area (Å²) < 4.78 is 47.0. The van der Waals surface area contributed by atoms with Crippen molar-refractivity contribution in [2.24, 2.45) is 0 Å². The summed E-state index contributed by atoms with van der Waals surface area (Å²) in [4.78, 5) is 4.42. The van der Waals surface area contributed by atoms with E-state index in [-0.39, 0.29) is 12.1 Å². The third kappa shape index (κ3) is 4.22. The monoisotopic (exact) mass is 416 g/mol. The fourth-order valence-electron chi connectivity index (χ4n) is 3.11. The van der Waals surface area contributed by atoms with Gasteiger partial charge in [-0.2, -0.15) is 13.2 Å². The third-order valence-electron chi connectivity index (χ3n) is 4.53. The first-order chi connectivity index (χ1) is 13.9. The average Bonchev–Trinajstić information content (AvgIpc) is 3.04. The Bertz CT molecular complexity index is 1140. The number of hydrogen-bond donors (Lipinski definition) is 0. The highest BCUT2D eigenvalue weighted by Gasteiger charge is 2.31. The van der Waals surface area contributed by atoms with Gasteiger partial charge >= 0.3 is 6.18 Å². The second-order valence-corrected chi connectivity index (χ2v) is 6.93. The molecule has 0 N–H and O–H groups in total. The Morgan fingerprint density at radius 3 is 2.38 bits per heavy atom. The van der Waals surface area contributed by atoms with Crippen LogP contribution in [0.2, 0.25) is 5.02 Å². The minimum atomic E-state index is -4.42. The molecule has 0 fully saturated rings. The van der Waals surface area contributed by atoms with Crippen LogP contribution in [0.25, 0.3) is 11.0 Å². The first kappa shape index (κ1) is 19.3. The molecular weight excluding hydrogens is 401 g/mol. The van der Waals surface area contributed by atoms with Crippen LogP contribution >= 0.6 is 11.6 Å². The zero-order chi connectivity index (χ0) is 20.4. The van der Waals surface area contributed by atoms with E-state index in [1.807, 2.05) is 34.9 Å². The lowest BCUT2D eigenvalue weighted by Crippen LogP contribution is -2.08. The van der Waals surface area contributed by atoms with E-state index in [1.54, 1.807) is 24.3 Å². The fraction of sp³-hybridized carbons (Fsp3) is 0.136. The van der Waals surface area contributed by atoms with Crippen LogP contribution in [0.4, 0.5) is 13.2 Å². The maximum absolute atomic E-state index is 13.1. The van der Waals surface area contributed by atoms with Gasteiger partial charge in [0.25, 0.3) is 0 Å². The van der Waals surface area contributed by atoms with Gasteiger partial charge in [-0.3, -0.25) is 0 Å². The SMILES string of the molecule is FC(F)(F)c1ccc2c(c1)nc(COc1ccccc1Cl)n2Cc1ccccc1. The lowest BCUT2D eigenvalue weighted by Gasteiger charge is -2.12. The van der Waals surface area contributed by atoms with Crippen molar-refractivity contribution < 1.29 is 17.9 Å². The minimum absolute atomic E-state index is 0.0760. The van der Waals surface area contributed by atoms with Crippen molar-refractivity contribution in [1.82, 2.24) is 9.55 Å². The zero-order valence-corrected chi connectivity index (χ0v) is 15.9. The second-order valence-electron chi connectivity index (χ2n) is 6.52. The number of para-hydroxylation sites is 1. The van der Waals surface area contributed by atoms with Gasteiger partial charge in [-0.25, -0.2) is 4.98 Å². The van der Waals surface area contributed by atoms with Crippen molar-refractivity contribution in [3.63, 3.8) is 0 Å². The summed E-state index contributed by atoms with van der Waals surface area (Å²) in [5.41, 5.74) is 1.16. The van der Waals surface area contributed by atoms with Crippen LogP contribution in [0.3, 0.4) is 0 Å². The highest BCUT2D eigenvalue weighted by Crippen LogP contribution is 2.32. The van der Waals surface area contributed by atoms with Crippen LogP contribution in [0.15, 0.2) is 72.8 Å². The molecule has 0 amide bonds. The number of fused-ring (bicyclic) bond motifs is 1. The number of aromatic nitrogens is 2. The van der Waals surface area contributed by atoms with Gasteiger partial charge in [0, 0.05) is 6.54 Å². The molecule has 0 aliphatic heterocycles. The Morgan fingerprint density at radius 2 is 1.66 bits per heavy atom. The summed E-state index contributed by atoms with van der Waals surface area (Å²) >= 11 is 6.13. The van der Waals surface area contributed by atoms with E-state index in [4.69, 9.17) is 16.3 Å². The molecule has 29 heavy (non-hydrogen) atoms. The molecule has 3 aromatic carbocycles. The van der Waals surface area contributed by atoms with Crippen molar-refractivity contribution in [2.75, 3.05) is 0 Å². The predicted octanol–water partition coefficient (Wildman–Crippen LogP) is 6.34. The van der Waals surface area contributed by atoms with Crippen molar-refractivity contribution in [1.29, 1.82) is 0 Å². The number of ether oxygens (including phenoxy) is 1. The van der Waals surface area contributed by atoms with Gasteiger partial charge in [0.1, 0.15) is 18.2 Å². The Labute approximate surface area is 170 Å². The summed E-state index contributed by atoms with van der Waals surface area (Å²) in [6, 6.07) is 20.3. The van der Waals surface area contributed by atoms with Gasteiger partial charge in [-0.1, -0.05) is 54.1 Å². The number of benzene rings is 3. The van der Waals surface area contributed by atoms with Gasteiger partial charge in [0.2, 0.25) is 0 Å². The fourth-order valence-corrected chi connectivity index (χ4v) is 3.30. The quantitative estimate of drug-likeness (QED) is 0.380. The molecule has 0 aliphatic carbocycles. The molecule has 1 heterocycles. The molecule has 0 radical (unpaired) electrons. The zero-order valence-electron chi connectivity index (χ0n) is 15.2. The number of imidazole rings is 1. The van der Waals surface area contributed by atoms with Crippen LogP contribution in [0.1, 0.15) is 17.0 Å². The topological polar surface area (TPSA) is 27.1 Å². The van der Waals surface area contributed by atoms with Crippen LogP contribution < -0.4 is 4.74 Å². The first-order valence-corrected chi connectivity index (χ1v) is 9.27. The average molecular weight is 417 g/mol. The highest BCUT2D eigenvalue weighted by atomic mass is 35.5. The summed E-state index contributed by atoms with van der Waals surface area (Å²) in [5.74, 6) is 1.01. The molecule has 4 aromatic rings. The Kier molecular flexibility index (Phi) is 5.20. The van der Waals surface area contributed by atoms with E-state index >= 15 is 0 Å². The van der Waals surface area contributed by atoms with Gasteiger partial charge in [-0.15, -0.1) is 0 Å². The Hall–Kier alpha value is -2.99. The molecule has 0 saturated carbocycles. The van der Waals surface area contributed by atoms with E-state index in [2.05, 4.69) is 4.98 Å². The molecular formula is C22H16ClF3N2O. The molecule has 0 bridgehead atoms. The normalized spacial score (nSPS) is 11.7. The standard InChI is InChI=1S/C22H16ClF3N2O/c23-17-8-4-5-9-20(17)29-14-21-27-18-12-16(22(24,25)26)10-11-19(18)28(21)13-15-6-2-1-3-7-15/h1-12H,13-14H2. The molecule has 0 saturated heterocycles. The van der Waals surface area contributed by atoms with E-state index in [9.17, 15) is 13.2 Å². The number of alkyl halides is 3. The molecule has 3 nitrogen and oxygen atoms in total. The van der Waals surface area contributed by atoms with Crippen LogP contribution in [0, 0.1) is 0 Å². The van der Waals surface area contributed by atoms with Crippen molar-refractivity contribution in [2.45, 2.75) is 19.3 Å². The maximum atomic E-state index is 13.1. The molecule has 7 heteroatoms. The predicted molar refractivity (Wildman–Crippen MR) is 106 cm³/mol. The van der Waals surface area contributed by atoms with Crippen molar-refractivity contribution in [3.8, 4) is 5.75 Å². The van der Waals surface area contributed by atoms with Gasteiger partial charge in [0.05, 0.1) is 21.6 Å². The first-order valence-electron chi connectivity index (χ1n) is 8.89. The number of hydrogen-bond acceptors (Lipinski definition) is 2. The van der Waals surface area contributed by atoms with Crippen LogP contribution in [-0.4, -0.2) is 9.55 Å². The molecule has 4 rings (SSSR count). The van der Waals surface area contributed by atoms with E-state index in [0.717, 1.165) is 17.7 Å². The third-order valence-corrected chi connectivity index (χ3v) is 4.84. The lowest BCUT2D eigenvalue weighted by atomic mass is 10.2. The smallest absolute Gasteiger partial charge is 0.416 e. The summed E-state index contributed by atoms with van der Waals surface area (Å²) in [6.45, 7) is 0.538. The lowest BCUT2D eigenvalue weighted by molar-refractivity contribution is -0.137. The molecule has 0 unspecified atom stereocenters. The number of nitrogens with zero attached hydrogens (tertiary/aromatic N) is 2. The Balaban J connectivity index is 1.74. The van der Waals surface area contributed by atoms with Gasteiger partial charge in [-0.05, 0) is 35.9 Å². The molecule has 0 spiro atoms. The van der Waals surface area contributed by atoms with Crippen molar-refractivity contribution in [3.05, 3.63) is 94.8 Å². The van der Waals surface area contributed by atoms with Crippen LogP contribution in [-0.2, 0) is 19.3 Å². The van der Waals surface area contributed by atoms with Gasteiger partial charge < -0.3 is 9.30 Å². The van der Waals surface area contributed by atoms with Gasteiger partial charge in [0.15, 0.2) is 0 Å². The molecule has 148 valence electrons. The molecule has 0 atom stereocenters. The summed E-state index contributed by atoms with van der Waals surface area (Å²) in [5, 5.41) is 0.456. The largest absolute Gasteiger partial charge is 0.484 e. The minimum Gasteiger partial charge on any atom is -0.484 e. The Morgan fingerprint density at radius 1 is 0.931 bits per heavy atom. The van der Waals surface area contributed by atoms with Crippen molar-refractivity contribution >= 4 is 22.6 Å². The van der Waals surface area contributed by atoms with E-state index in [0.29, 0.717) is 28.7 Å². The second kappa shape index (κ2) is 7.79. The highest BCUT2D eigenvalue weighted by molar-refractivity contribution is 6.32. The molecule has 1 aromatic heterocycles. The van der Waals surface area contributed by atoms with Crippen LogP contribution in [0.5, 0.6) is 5.75 Å². The van der Waals surface area contributed by atoms with E-state index < -0.39 is 11.7 Å². The number of rotatable bonds is 5. The summed E-state index contributed by atoms with van der Waals surface area (Å²) in [6.07, 6.45) is -4.42. The molecule has 0 aliphatic rings.